The van der Waals surface area contributed by atoms with E-state index >= 15 is 0 Å². The molecule has 0 saturated carbocycles. The molecule has 0 atom stereocenters. The molecule has 0 radical (unpaired) electrons. The summed E-state index contributed by atoms with van der Waals surface area (Å²) in [4.78, 5) is 0. The molecule has 17 heavy (non-hydrogen) atoms. The van der Waals surface area contributed by atoms with Crippen LogP contribution in [0.25, 0.3) is 0 Å². The van der Waals surface area contributed by atoms with E-state index in [1.165, 1.54) is 0 Å². The van der Waals surface area contributed by atoms with Crippen molar-refractivity contribution in [3.63, 3.8) is 0 Å². The highest BCUT2D eigenvalue weighted by Gasteiger charge is 2.35. The van der Waals surface area contributed by atoms with Gasteiger partial charge in [0.05, 0.1) is 12.2 Å². The van der Waals surface area contributed by atoms with Crippen LogP contribution in [0, 0.1) is 0 Å². The lowest BCUT2D eigenvalue weighted by Crippen LogP contribution is -2.05. The van der Waals surface area contributed by atoms with Gasteiger partial charge >= 0.3 is 6.18 Å². The maximum atomic E-state index is 12.2. The quantitative estimate of drug-likeness (QED) is 0.919. The second-order valence-corrected chi connectivity index (χ2v) is 4.19. The fourth-order valence-electron chi connectivity index (χ4n) is 1.15. The van der Waals surface area contributed by atoms with E-state index in [1.54, 1.807) is 24.0 Å². The van der Waals surface area contributed by atoms with Gasteiger partial charge in [0.2, 0.25) is 10.1 Å². The molecule has 2 rings (SSSR count). The average molecular weight is 263 g/mol. The van der Waals surface area contributed by atoms with Crippen LogP contribution in [-0.4, -0.2) is 20.0 Å². The van der Waals surface area contributed by atoms with Crippen LogP contribution in [0.4, 0.5) is 18.3 Å². The Labute approximate surface area is 98.3 Å². The fraction of sp³-hybridized carbons (Fsp3) is 0.375. The number of nitrogens with zero attached hydrogens (tertiary/aromatic N) is 4. The van der Waals surface area contributed by atoms with Gasteiger partial charge in [0, 0.05) is 13.2 Å². The molecule has 2 aromatic rings. The van der Waals surface area contributed by atoms with Gasteiger partial charge in [0.15, 0.2) is 0 Å². The van der Waals surface area contributed by atoms with E-state index in [-0.39, 0.29) is 5.13 Å². The first kappa shape index (κ1) is 11.8. The molecule has 0 bridgehead atoms. The topological polar surface area (TPSA) is 55.6 Å². The molecule has 92 valence electrons. The summed E-state index contributed by atoms with van der Waals surface area (Å²) in [7, 11) is 1.75. The largest absolute Gasteiger partial charge is 0.445 e. The molecule has 0 amide bonds. The number of anilines is 1. The van der Waals surface area contributed by atoms with Crippen molar-refractivity contribution < 1.29 is 13.2 Å². The van der Waals surface area contributed by atoms with Crippen molar-refractivity contribution in [3.05, 3.63) is 23.0 Å². The summed E-state index contributed by atoms with van der Waals surface area (Å²) in [5.74, 6) is 0. The molecule has 2 aromatic heterocycles. The first-order valence-corrected chi connectivity index (χ1v) is 5.40. The Morgan fingerprint density at radius 3 is 2.71 bits per heavy atom. The SMILES string of the molecule is Cn1nccc1CNc1nnc(C(F)(F)F)s1. The summed E-state index contributed by atoms with van der Waals surface area (Å²) < 4.78 is 38.4. The smallest absolute Gasteiger partial charge is 0.354 e. The molecule has 0 aliphatic rings. The normalized spacial score (nSPS) is 11.8. The Balaban J connectivity index is 2.01. The Bertz CT molecular complexity index is 503. The fourth-order valence-corrected chi connectivity index (χ4v) is 1.76. The highest BCUT2D eigenvalue weighted by Crippen LogP contribution is 2.33. The van der Waals surface area contributed by atoms with Gasteiger partial charge in [-0.15, -0.1) is 10.2 Å². The number of hydrogen-bond donors (Lipinski definition) is 1. The van der Waals surface area contributed by atoms with Crippen LogP contribution in [0.2, 0.25) is 0 Å². The van der Waals surface area contributed by atoms with Crippen molar-refractivity contribution in [2.75, 3.05) is 5.32 Å². The van der Waals surface area contributed by atoms with Crippen LogP contribution >= 0.6 is 11.3 Å². The molecule has 0 saturated heterocycles. The summed E-state index contributed by atoms with van der Waals surface area (Å²) >= 11 is 0.480. The van der Waals surface area contributed by atoms with Gasteiger partial charge in [-0.05, 0) is 6.07 Å². The monoisotopic (exact) mass is 263 g/mol. The van der Waals surface area contributed by atoms with E-state index in [4.69, 9.17) is 0 Å². The van der Waals surface area contributed by atoms with Gasteiger partial charge < -0.3 is 5.32 Å². The highest BCUT2D eigenvalue weighted by atomic mass is 32.1. The van der Waals surface area contributed by atoms with Crippen LogP contribution in [0.1, 0.15) is 10.7 Å². The van der Waals surface area contributed by atoms with Crippen LogP contribution in [0.3, 0.4) is 0 Å². The van der Waals surface area contributed by atoms with Crippen LogP contribution in [-0.2, 0) is 19.8 Å². The number of halogens is 3. The predicted octanol–water partition coefficient (Wildman–Crippen LogP) is 1.90. The molecular weight excluding hydrogens is 255 g/mol. The molecule has 0 aliphatic carbocycles. The Morgan fingerprint density at radius 2 is 2.18 bits per heavy atom. The first-order valence-electron chi connectivity index (χ1n) is 4.58. The van der Waals surface area contributed by atoms with E-state index in [1.807, 2.05) is 0 Å². The number of rotatable bonds is 3. The molecule has 1 N–H and O–H groups in total. The second kappa shape index (κ2) is 4.32. The zero-order valence-corrected chi connectivity index (χ0v) is 9.51. The summed E-state index contributed by atoms with van der Waals surface area (Å²) in [5, 5.41) is 12.4. The van der Waals surface area contributed by atoms with Gasteiger partial charge in [0.25, 0.3) is 0 Å². The number of aromatic nitrogens is 4. The van der Waals surface area contributed by atoms with E-state index in [2.05, 4.69) is 20.6 Å². The lowest BCUT2D eigenvalue weighted by Gasteiger charge is -2.02. The molecule has 0 fully saturated rings. The lowest BCUT2D eigenvalue weighted by atomic mass is 10.4. The minimum absolute atomic E-state index is 0.138. The maximum Gasteiger partial charge on any atom is 0.445 e. The summed E-state index contributed by atoms with van der Waals surface area (Å²) in [6.07, 6.45) is -2.83. The minimum atomic E-state index is -4.44. The Hall–Kier alpha value is -1.64. The van der Waals surface area contributed by atoms with E-state index in [9.17, 15) is 13.2 Å². The summed E-state index contributed by atoms with van der Waals surface area (Å²) in [6, 6.07) is 1.76. The number of hydrogen-bond acceptors (Lipinski definition) is 5. The second-order valence-electron chi connectivity index (χ2n) is 3.21. The minimum Gasteiger partial charge on any atom is -0.354 e. The van der Waals surface area contributed by atoms with E-state index < -0.39 is 11.2 Å². The predicted molar refractivity (Wildman–Crippen MR) is 55.4 cm³/mol. The molecular formula is C8H8F3N5S. The standard InChI is InChI=1S/C8H8F3N5S/c1-16-5(2-3-13-16)4-12-7-15-14-6(17-7)8(9,10)11/h2-3H,4H2,1H3,(H,12,15). The van der Waals surface area contributed by atoms with Crippen molar-refractivity contribution in [1.29, 1.82) is 0 Å². The molecule has 0 aromatic carbocycles. The molecule has 0 unspecified atom stereocenters. The molecule has 0 aliphatic heterocycles. The van der Waals surface area contributed by atoms with Gasteiger partial charge in [-0.3, -0.25) is 4.68 Å². The first-order chi connectivity index (χ1) is 7.97. The number of alkyl halides is 3. The van der Waals surface area contributed by atoms with Crippen molar-refractivity contribution in [3.8, 4) is 0 Å². The van der Waals surface area contributed by atoms with Crippen molar-refractivity contribution in [1.82, 2.24) is 20.0 Å². The van der Waals surface area contributed by atoms with Gasteiger partial charge in [-0.25, -0.2) is 0 Å². The molecule has 5 nitrogen and oxygen atoms in total. The zero-order valence-electron chi connectivity index (χ0n) is 8.69. The molecule has 0 spiro atoms. The van der Waals surface area contributed by atoms with Crippen LogP contribution < -0.4 is 5.32 Å². The summed E-state index contributed by atoms with van der Waals surface area (Å²) in [6.45, 7) is 0.350. The number of nitrogens with one attached hydrogen (secondary N) is 1. The summed E-state index contributed by atoms with van der Waals surface area (Å²) in [5.41, 5.74) is 0.841. The highest BCUT2D eigenvalue weighted by molar-refractivity contribution is 7.15. The third-order valence-electron chi connectivity index (χ3n) is 2.01. The third-order valence-corrected chi connectivity index (χ3v) is 2.94. The van der Waals surface area contributed by atoms with Crippen LogP contribution in [0.5, 0.6) is 0 Å². The van der Waals surface area contributed by atoms with Gasteiger partial charge in [-0.1, -0.05) is 11.3 Å². The van der Waals surface area contributed by atoms with E-state index in [0.717, 1.165) is 5.69 Å². The average Bonchev–Trinajstić information content (AvgIpc) is 2.82. The zero-order chi connectivity index (χ0) is 12.5. The Kier molecular flexibility index (Phi) is 3.01. The van der Waals surface area contributed by atoms with E-state index in [0.29, 0.717) is 17.9 Å². The van der Waals surface area contributed by atoms with Crippen molar-refractivity contribution in [2.24, 2.45) is 7.05 Å². The molecule has 2 heterocycles. The molecule has 9 heteroatoms. The lowest BCUT2D eigenvalue weighted by molar-refractivity contribution is -0.138. The Morgan fingerprint density at radius 1 is 1.41 bits per heavy atom. The van der Waals surface area contributed by atoms with Crippen LogP contribution in [0.15, 0.2) is 12.3 Å². The van der Waals surface area contributed by atoms with Gasteiger partial charge in [0.1, 0.15) is 0 Å². The van der Waals surface area contributed by atoms with Crippen molar-refractivity contribution >= 4 is 16.5 Å². The van der Waals surface area contributed by atoms with Crippen molar-refractivity contribution in [2.45, 2.75) is 12.7 Å². The number of aryl methyl sites for hydroxylation is 1. The maximum absolute atomic E-state index is 12.2. The van der Waals surface area contributed by atoms with Gasteiger partial charge in [-0.2, -0.15) is 18.3 Å². The third kappa shape index (κ3) is 2.73.